The molecule has 3 aromatic rings. The second-order valence-corrected chi connectivity index (χ2v) is 7.37. The number of hydrogen-bond donors (Lipinski definition) is 0. The van der Waals surface area contributed by atoms with Gasteiger partial charge in [0.05, 0.1) is 19.8 Å². The Kier molecular flexibility index (Phi) is 5.35. The third-order valence-electron chi connectivity index (χ3n) is 5.42. The molecule has 28 heavy (non-hydrogen) atoms. The molecule has 1 aliphatic rings. The van der Waals surface area contributed by atoms with E-state index in [9.17, 15) is 0 Å². The summed E-state index contributed by atoms with van der Waals surface area (Å²) in [6.07, 6.45) is 5.07. The highest BCUT2D eigenvalue weighted by Gasteiger charge is 2.27. The summed E-state index contributed by atoms with van der Waals surface area (Å²) >= 11 is 0. The molecule has 1 unspecified atom stereocenters. The Labute approximate surface area is 166 Å². The van der Waals surface area contributed by atoms with Gasteiger partial charge in [0.25, 0.3) is 0 Å². The fourth-order valence-electron chi connectivity index (χ4n) is 4.11. The van der Waals surface area contributed by atoms with Crippen LogP contribution in [0, 0.1) is 6.92 Å². The fourth-order valence-corrected chi connectivity index (χ4v) is 4.11. The van der Waals surface area contributed by atoms with Gasteiger partial charge in [-0.15, -0.1) is 0 Å². The molecule has 0 bridgehead atoms. The molecule has 1 atom stereocenters. The number of methoxy groups -OCH3 is 2. The average molecular weight is 377 g/mol. The first-order valence-corrected chi connectivity index (χ1v) is 9.71. The van der Waals surface area contributed by atoms with Gasteiger partial charge in [0.15, 0.2) is 11.5 Å². The molecule has 146 valence electrons. The van der Waals surface area contributed by atoms with Crippen LogP contribution in [-0.2, 0) is 6.54 Å². The van der Waals surface area contributed by atoms with E-state index in [1.165, 1.54) is 5.56 Å². The Morgan fingerprint density at radius 1 is 1.11 bits per heavy atom. The van der Waals surface area contributed by atoms with Gasteiger partial charge in [0.2, 0.25) is 0 Å². The lowest BCUT2D eigenvalue weighted by atomic mass is 10.1. The van der Waals surface area contributed by atoms with Crippen LogP contribution in [0.25, 0.3) is 11.4 Å². The Hall–Kier alpha value is -2.79. The highest BCUT2D eigenvalue weighted by molar-refractivity contribution is 5.70. The van der Waals surface area contributed by atoms with Crippen LogP contribution in [0.1, 0.15) is 23.6 Å². The molecule has 1 fully saturated rings. The van der Waals surface area contributed by atoms with Crippen molar-refractivity contribution in [2.24, 2.45) is 0 Å². The molecule has 0 amide bonds. The topological polar surface area (TPSA) is 39.5 Å². The Bertz CT molecular complexity index is 936. The van der Waals surface area contributed by atoms with Gasteiger partial charge in [-0.05, 0) is 36.6 Å². The quantitative estimate of drug-likeness (QED) is 0.641. The standard InChI is InChI=1S/C23H27N3O2/c1-17-13-20(22(28-3)21(14-17)27-2)23-24-10-12-26(23)19-9-11-25(16-19)15-18-7-5-4-6-8-18/h4-8,10,12-14,19H,9,11,15-16H2,1-3H3. The van der Waals surface area contributed by atoms with E-state index in [4.69, 9.17) is 9.47 Å². The summed E-state index contributed by atoms with van der Waals surface area (Å²) in [5, 5.41) is 0. The van der Waals surface area contributed by atoms with Crippen LogP contribution < -0.4 is 9.47 Å². The van der Waals surface area contributed by atoms with Gasteiger partial charge < -0.3 is 14.0 Å². The van der Waals surface area contributed by atoms with Crippen molar-refractivity contribution in [2.45, 2.75) is 25.9 Å². The monoisotopic (exact) mass is 377 g/mol. The zero-order valence-corrected chi connectivity index (χ0v) is 16.8. The van der Waals surface area contributed by atoms with E-state index in [0.29, 0.717) is 6.04 Å². The Balaban J connectivity index is 1.60. The number of aromatic nitrogens is 2. The third-order valence-corrected chi connectivity index (χ3v) is 5.42. The molecule has 4 rings (SSSR count). The minimum atomic E-state index is 0.400. The highest BCUT2D eigenvalue weighted by atomic mass is 16.5. The van der Waals surface area contributed by atoms with Crippen LogP contribution in [0.2, 0.25) is 0 Å². The van der Waals surface area contributed by atoms with E-state index >= 15 is 0 Å². The van der Waals surface area contributed by atoms with Crippen molar-refractivity contribution in [3.05, 3.63) is 66.0 Å². The van der Waals surface area contributed by atoms with Crippen LogP contribution in [0.15, 0.2) is 54.9 Å². The largest absolute Gasteiger partial charge is 0.493 e. The van der Waals surface area contributed by atoms with Gasteiger partial charge in [0.1, 0.15) is 5.82 Å². The van der Waals surface area contributed by atoms with E-state index in [-0.39, 0.29) is 0 Å². The number of benzene rings is 2. The van der Waals surface area contributed by atoms with Crippen molar-refractivity contribution >= 4 is 0 Å². The van der Waals surface area contributed by atoms with Crippen molar-refractivity contribution in [1.29, 1.82) is 0 Å². The summed E-state index contributed by atoms with van der Waals surface area (Å²) in [7, 11) is 3.35. The SMILES string of the molecule is COc1cc(C)cc(-c2nccn2C2CCN(Cc3ccccc3)C2)c1OC. The second-order valence-electron chi connectivity index (χ2n) is 7.37. The summed E-state index contributed by atoms with van der Waals surface area (Å²) in [5.74, 6) is 2.41. The molecule has 0 radical (unpaired) electrons. The van der Waals surface area contributed by atoms with Gasteiger partial charge >= 0.3 is 0 Å². The molecule has 0 spiro atoms. The van der Waals surface area contributed by atoms with Crippen molar-refractivity contribution in [2.75, 3.05) is 27.3 Å². The molecule has 1 saturated heterocycles. The van der Waals surface area contributed by atoms with E-state index in [2.05, 4.69) is 64.0 Å². The summed E-state index contributed by atoms with van der Waals surface area (Å²) in [4.78, 5) is 7.19. The average Bonchev–Trinajstić information content (AvgIpc) is 3.37. The number of likely N-dealkylation sites (tertiary alicyclic amines) is 1. The van der Waals surface area contributed by atoms with Crippen LogP contribution in [-0.4, -0.2) is 41.8 Å². The first kappa shape index (κ1) is 18.6. The highest BCUT2D eigenvalue weighted by Crippen LogP contribution is 2.40. The molecule has 0 aliphatic carbocycles. The second kappa shape index (κ2) is 8.07. The van der Waals surface area contributed by atoms with E-state index in [0.717, 1.165) is 54.5 Å². The van der Waals surface area contributed by atoms with Crippen LogP contribution in [0.5, 0.6) is 11.5 Å². The predicted octanol–water partition coefficient (Wildman–Crippen LogP) is 4.32. The van der Waals surface area contributed by atoms with Crippen LogP contribution in [0.4, 0.5) is 0 Å². The lowest BCUT2D eigenvalue weighted by Gasteiger charge is -2.20. The smallest absolute Gasteiger partial charge is 0.171 e. The minimum absolute atomic E-state index is 0.400. The van der Waals surface area contributed by atoms with Crippen LogP contribution >= 0.6 is 0 Å². The van der Waals surface area contributed by atoms with Crippen molar-refractivity contribution in [3.8, 4) is 22.9 Å². The maximum absolute atomic E-state index is 5.68. The van der Waals surface area contributed by atoms with Gasteiger partial charge in [-0.1, -0.05) is 30.3 Å². The zero-order valence-electron chi connectivity index (χ0n) is 16.8. The molecule has 2 heterocycles. The molecule has 1 aliphatic heterocycles. The number of ether oxygens (including phenoxy) is 2. The number of aryl methyl sites for hydroxylation is 1. The maximum Gasteiger partial charge on any atom is 0.171 e. The fraction of sp³-hybridized carbons (Fsp3) is 0.348. The van der Waals surface area contributed by atoms with E-state index in [1.807, 2.05) is 12.3 Å². The van der Waals surface area contributed by atoms with E-state index < -0.39 is 0 Å². The molecule has 0 saturated carbocycles. The first-order chi connectivity index (χ1) is 13.7. The number of hydrogen-bond acceptors (Lipinski definition) is 4. The Morgan fingerprint density at radius 3 is 2.68 bits per heavy atom. The van der Waals surface area contributed by atoms with E-state index in [1.54, 1.807) is 14.2 Å². The molecule has 0 N–H and O–H groups in total. The van der Waals surface area contributed by atoms with Crippen molar-refractivity contribution in [3.63, 3.8) is 0 Å². The van der Waals surface area contributed by atoms with Crippen LogP contribution in [0.3, 0.4) is 0 Å². The predicted molar refractivity (Wildman–Crippen MR) is 111 cm³/mol. The minimum Gasteiger partial charge on any atom is -0.493 e. The Morgan fingerprint density at radius 2 is 1.93 bits per heavy atom. The molecular weight excluding hydrogens is 350 g/mol. The van der Waals surface area contributed by atoms with Crippen molar-refractivity contribution < 1.29 is 9.47 Å². The number of rotatable bonds is 6. The normalized spacial score (nSPS) is 17.0. The molecule has 2 aromatic carbocycles. The van der Waals surface area contributed by atoms with Gasteiger partial charge in [-0.3, -0.25) is 4.90 Å². The number of nitrogens with zero attached hydrogens (tertiary/aromatic N) is 3. The molecule has 1 aromatic heterocycles. The summed E-state index contributed by atoms with van der Waals surface area (Å²) in [6.45, 7) is 5.16. The summed E-state index contributed by atoms with van der Waals surface area (Å²) in [6, 6.07) is 15.2. The van der Waals surface area contributed by atoms with Gasteiger partial charge in [-0.2, -0.15) is 0 Å². The molecule has 5 heteroatoms. The molecule has 5 nitrogen and oxygen atoms in total. The lowest BCUT2D eigenvalue weighted by molar-refractivity contribution is 0.316. The van der Waals surface area contributed by atoms with Gasteiger partial charge in [-0.25, -0.2) is 4.98 Å². The van der Waals surface area contributed by atoms with Gasteiger partial charge in [0, 0.05) is 38.1 Å². The zero-order chi connectivity index (χ0) is 19.5. The maximum atomic E-state index is 5.68. The third kappa shape index (κ3) is 3.62. The lowest BCUT2D eigenvalue weighted by Crippen LogP contribution is -2.21. The number of imidazole rings is 1. The molecular formula is C23H27N3O2. The summed E-state index contributed by atoms with van der Waals surface area (Å²) < 4.78 is 13.5. The summed E-state index contributed by atoms with van der Waals surface area (Å²) in [5.41, 5.74) is 3.46. The van der Waals surface area contributed by atoms with Crippen molar-refractivity contribution in [1.82, 2.24) is 14.5 Å². The first-order valence-electron chi connectivity index (χ1n) is 9.71.